The molecule has 9 rings (SSSR count). The van der Waals surface area contributed by atoms with Gasteiger partial charge in [0.1, 0.15) is 0 Å². The van der Waals surface area contributed by atoms with Crippen molar-refractivity contribution in [3.05, 3.63) is 145 Å². The Labute approximate surface area is 244 Å². The molecule has 0 fully saturated rings. The van der Waals surface area contributed by atoms with Gasteiger partial charge >= 0.3 is 0 Å². The summed E-state index contributed by atoms with van der Waals surface area (Å²) in [7, 11) is 0. The molecular formula is C39H28N2O. The van der Waals surface area contributed by atoms with E-state index in [2.05, 4.69) is 151 Å². The van der Waals surface area contributed by atoms with Gasteiger partial charge in [0.15, 0.2) is 11.5 Å². The lowest BCUT2D eigenvalue weighted by molar-refractivity contribution is 0.471. The van der Waals surface area contributed by atoms with Gasteiger partial charge in [-0.15, -0.1) is 0 Å². The fourth-order valence-electron chi connectivity index (χ4n) is 7.12. The van der Waals surface area contributed by atoms with E-state index in [1.54, 1.807) is 0 Å². The molecule has 0 saturated heterocycles. The number of hydrogen-bond acceptors (Lipinski definition) is 2. The molecule has 0 N–H and O–H groups in total. The molecule has 2 aliphatic heterocycles. The summed E-state index contributed by atoms with van der Waals surface area (Å²) in [6, 6.07) is 48.0. The summed E-state index contributed by atoms with van der Waals surface area (Å²) >= 11 is 0. The number of anilines is 3. The summed E-state index contributed by atoms with van der Waals surface area (Å²) in [5.74, 6) is 1.78. The van der Waals surface area contributed by atoms with Gasteiger partial charge in [-0.2, -0.15) is 0 Å². The molecule has 0 atom stereocenters. The quantitative estimate of drug-likeness (QED) is 0.217. The molecule has 42 heavy (non-hydrogen) atoms. The Morgan fingerprint density at radius 3 is 1.88 bits per heavy atom. The van der Waals surface area contributed by atoms with Crippen LogP contribution in [0.2, 0.25) is 0 Å². The van der Waals surface area contributed by atoms with Crippen molar-refractivity contribution in [3.63, 3.8) is 0 Å². The zero-order valence-corrected chi connectivity index (χ0v) is 23.5. The SMILES string of the molecule is CC1(C)c2ccccc2N2c3ccccc3Oc3cc(-c4ccc(-n5c6ccccc6c6ccccc65)cc4)cc1c32. The summed E-state index contributed by atoms with van der Waals surface area (Å²) in [5.41, 5.74) is 11.8. The maximum atomic E-state index is 6.63. The van der Waals surface area contributed by atoms with Crippen molar-refractivity contribution in [3.8, 4) is 28.3 Å². The van der Waals surface area contributed by atoms with E-state index in [9.17, 15) is 0 Å². The molecule has 0 radical (unpaired) electrons. The normalized spacial score (nSPS) is 14.3. The van der Waals surface area contributed by atoms with Crippen LogP contribution in [0.3, 0.4) is 0 Å². The number of nitrogens with zero attached hydrogens (tertiary/aromatic N) is 2. The number of para-hydroxylation sites is 5. The highest BCUT2D eigenvalue weighted by atomic mass is 16.5. The maximum absolute atomic E-state index is 6.63. The van der Waals surface area contributed by atoms with Crippen LogP contribution in [0, 0.1) is 0 Å². The number of fused-ring (bicyclic) bond motifs is 7. The molecule has 0 bridgehead atoms. The first kappa shape index (κ1) is 23.4. The molecule has 2 aliphatic rings. The third kappa shape index (κ3) is 3.11. The lowest BCUT2D eigenvalue weighted by atomic mass is 9.72. The topological polar surface area (TPSA) is 17.4 Å². The highest BCUT2D eigenvalue weighted by Crippen LogP contribution is 2.60. The molecule has 3 nitrogen and oxygen atoms in total. The van der Waals surface area contributed by atoms with Crippen molar-refractivity contribution in [1.82, 2.24) is 4.57 Å². The summed E-state index contributed by atoms with van der Waals surface area (Å²) < 4.78 is 8.99. The van der Waals surface area contributed by atoms with Crippen molar-refractivity contribution in [2.75, 3.05) is 4.90 Å². The summed E-state index contributed by atoms with van der Waals surface area (Å²) in [4.78, 5) is 2.39. The number of ether oxygens (including phenoxy) is 1. The lowest BCUT2D eigenvalue weighted by Crippen LogP contribution is -2.32. The minimum absolute atomic E-state index is 0.189. The zero-order valence-electron chi connectivity index (χ0n) is 23.5. The van der Waals surface area contributed by atoms with E-state index in [1.807, 2.05) is 6.07 Å². The van der Waals surface area contributed by atoms with Crippen LogP contribution >= 0.6 is 0 Å². The second-order valence-electron chi connectivity index (χ2n) is 11.8. The monoisotopic (exact) mass is 540 g/mol. The van der Waals surface area contributed by atoms with Crippen LogP contribution in [-0.2, 0) is 5.41 Å². The Morgan fingerprint density at radius 2 is 1.14 bits per heavy atom. The summed E-state index contributed by atoms with van der Waals surface area (Å²) in [6.07, 6.45) is 0. The standard InChI is InChI=1S/C39H28N2O/c1-39(2)30-13-5-8-16-34(30)41-35-17-9-10-18-36(35)42-37-24-26(23-31(39)38(37)41)25-19-21-27(22-20-25)40-32-14-6-3-11-28(32)29-12-4-7-15-33(29)40/h3-24H,1-2H3. The van der Waals surface area contributed by atoms with E-state index in [-0.39, 0.29) is 5.41 Å². The molecule has 0 spiro atoms. The number of aromatic nitrogens is 1. The van der Waals surface area contributed by atoms with Crippen molar-refractivity contribution in [1.29, 1.82) is 0 Å². The first-order valence-corrected chi connectivity index (χ1v) is 14.5. The Hall–Kier alpha value is -5.28. The second-order valence-corrected chi connectivity index (χ2v) is 11.8. The summed E-state index contributed by atoms with van der Waals surface area (Å²) in [5, 5.41) is 2.55. The predicted molar refractivity (Wildman–Crippen MR) is 173 cm³/mol. The fraction of sp³-hybridized carbons (Fsp3) is 0.0769. The molecular weight excluding hydrogens is 512 g/mol. The van der Waals surface area contributed by atoms with Gasteiger partial charge in [-0.25, -0.2) is 0 Å². The average Bonchev–Trinajstić information content (AvgIpc) is 3.37. The minimum Gasteiger partial charge on any atom is -0.453 e. The first-order chi connectivity index (χ1) is 20.6. The highest BCUT2D eigenvalue weighted by molar-refractivity contribution is 6.09. The van der Waals surface area contributed by atoms with Crippen LogP contribution in [0.5, 0.6) is 11.5 Å². The third-order valence-corrected chi connectivity index (χ3v) is 9.16. The highest BCUT2D eigenvalue weighted by Gasteiger charge is 2.41. The van der Waals surface area contributed by atoms with E-state index < -0.39 is 0 Å². The van der Waals surface area contributed by atoms with E-state index >= 15 is 0 Å². The third-order valence-electron chi connectivity index (χ3n) is 9.16. The van der Waals surface area contributed by atoms with Gasteiger partial charge in [0.05, 0.1) is 28.1 Å². The van der Waals surface area contributed by atoms with Crippen LogP contribution < -0.4 is 9.64 Å². The molecule has 3 heteroatoms. The van der Waals surface area contributed by atoms with Gasteiger partial charge in [0.25, 0.3) is 0 Å². The van der Waals surface area contributed by atoms with Crippen LogP contribution in [0.15, 0.2) is 133 Å². The smallest absolute Gasteiger partial charge is 0.152 e. The zero-order chi connectivity index (χ0) is 28.0. The second kappa shape index (κ2) is 8.37. The molecule has 6 aromatic carbocycles. The largest absolute Gasteiger partial charge is 0.453 e. The fourth-order valence-corrected chi connectivity index (χ4v) is 7.12. The Bertz CT molecular complexity index is 2150. The van der Waals surface area contributed by atoms with Crippen LogP contribution in [0.4, 0.5) is 17.1 Å². The molecule has 200 valence electrons. The maximum Gasteiger partial charge on any atom is 0.152 e. The minimum atomic E-state index is -0.189. The van der Waals surface area contributed by atoms with E-state index in [1.165, 1.54) is 44.2 Å². The van der Waals surface area contributed by atoms with Crippen LogP contribution in [0.25, 0.3) is 38.6 Å². The van der Waals surface area contributed by atoms with Gasteiger partial charge in [-0.05, 0) is 76.9 Å². The number of benzene rings is 6. The number of rotatable bonds is 2. The molecule has 0 unspecified atom stereocenters. The van der Waals surface area contributed by atoms with Gasteiger partial charge < -0.3 is 14.2 Å². The first-order valence-electron chi connectivity index (χ1n) is 14.5. The van der Waals surface area contributed by atoms with Crippen molar-refractivity contribution < 1.29 is 4.74 Å². The molecule has 1 aromatic heterocycles. The van der Waals surface area contributed by atoms with Crippen molar-refractivity contribution in [2.24, 2.45) is 0 Å². The molecule has 0 saturated carbocycles. The Balaban J connectivity index is 1.22. The van der Waals surface area contributed by atoms with E-state index in [4.69, 9.17) is 4.74 Å². The Morgan fingerprint density at radius 1 is 0.524 bits per heavy atom. The predicted octanol–water partition coefficient (Wildman–Crippen LogP) is 10.7. The summed E-state index contributed by atoms with van der Waals surface area (Å²) in [6.45, 7) is 4.66. The molecule has 7 aromatic rings. The Kier molecular flexibility index (Phi) is 4.67. The van der Waals surface area contributed by atoms with E-state index in [0.29, 0.717) is 0 Å². The molecule has 3 heterocycles. The van der Waals surface area contributed by atoms with Crippen LogP contribution in [-0.4, -0.2) is 4.57 Å². The van der Waals surface area contributed by atoms with Crippen molar-refractivity contribution in [2.45, 2.75) is 19.3 Å². The molecule has 0 aliphatic carbocycles. The van der Waals surface area contributed by atoms with Crippen molar-refractivity contribution >= 4 is 38.9 Å². The number of hydrogen-bond donors (Lipinski definition) is 0. The lowest BCUT2D eigenvalue weighted by Gasteiger charge is -2.45. The molecule has 0 amide bonds. The van der Waals surface area contributed by atoms with E-state index in [0.717, 1.165) is 34.1 Å². The van der Waals surface area contributed by atoms with Gasteiger partial charge in [-0.3, -0.25) is 0 Å². The average molecular weight is 541 g/mol. The van der Waals surface area contributed by atoms with Gasteiger partial charge in [0, 0.05) is 21.9 Å². The van der Waals surface area contributed by atoms with Gasteiger partial charge in [-0.1, -0.05) is 92.7 Å². The van der Waals surface area contributed by atoms with Gasteiger partial charge in [0.2, 0.25) is 0 Å². The van der Waals surface area contributed by atoms with Crippen LogP contribution in [0.1, 0.15) is 25.0 Å².